The zero-order valence-electron chi connectivity index (χ0n) is 15.2. The number of carbonyl (C=O) groups excluding carboxylic acids is 1. The summed E-state index contributed by atoms with van der Waals surface area (Å²) in [6, 6.07) is 21.6. The molecule has 0 spiro atoms. The van der Waals surface area contributed by atoms with Crippen molar-refractivity contribution in [3.8, 4) is 11.5 Å². The average molecular weight is 420 g/mol. The van der Waals surface area contributed by atoms with Crippen LogP contribution in [0, 0.1) is 0 Å². The molecule has 1 heterocycles. The normalized spacial score (nSPS) is 11.1. The van der Waals surface area contributed by atoms with E-state index in [1.165, 1.54) is 6.08 Å². The highest BCUT2D eigenvalue weighted by molar-refractivity contribution is 6.32. The molecule has 0 aliphatic heterocycles. The second kappa shape index (κ2) is 8.48. The fourth-order valence-electron chi connectivity index (χ4n) is 2.87. The molecule has 1 aromatic heterocycles. The quantitative estimate of drug-likeness (QED) is 0.253. The van der Waals surface area contributed by atoms with Gasteiger partial charge in [0.25, 0.3) is 0 Å². The minimum absolute atomic E-state index is 0.111. The zero-order chi connectivity index (χ0) is 20.2. The summed E-state index contributed by atoms with van der Waals surface area (Å²) in [4.78, 5) is 16.7. The number of allylic oxidation sites excluding steroid dienone is 1. The van der Waals surface area contributed by atoms with Crippen molar-refractivity contribution in [2.45, 2.75) is 0 Å². The molecule has 0 atom stereocenters. The Morgan fingerprint density at radius 3 is 2.52 bits per heavy atom. The van der Waals surface area contributed by atoms with E-state index in [-0.39, 0.29) is 5.78 Å². The molecule has 0 bridgehead atoms. The third-order valence-corrected chi connectivity index (χ3v) is 4.93. The zero-order valence-corrected chi connectivity index (χ0v) is 16.7. The number of hydrogen-bond acceptors (Lipinski definition) is 3. The Labute approximate surface area is 178 Å². The van der Waals surface area contributed by atoms with Crippen LogP contribution in [0.4, 0.5) is 0 Å². The molecule has 0 amide bonds. The molecule has 0 unspecified atom stereocenters. The third kappa shape index (κ3) is 4.48. The molecule has 142 valence electrons. The van der Waals surface area contributed by atoms with E-state index in [0.29, 0.717) is 27.1 Å². The Hall–Kier alpha value is -3.14. The number of carbonyl (C=O) groups is 1. The molecule has 0 aliphatic rings. The van der Waals surface area contributed by atoms with Gasteiger partial charge in [0.1, 0.15) is 11.5 Å². The first kappa shape index (κ1) is 19.2. The van der Waals surface area contributed by atoms with Crippen LogP contribution in [0.25, 0.3) is 17.0 Å². The van der Waals surface area contributed by atoms with Gasteiger partial charge in [-0.1, -0.05) is 41.4 Å². The van der Waals surface area contributed by atoms with Crippen molar-refractivity contribution in [2.24, 2.45) is 0 Å². The first-order valence-electron chi connectivity index (χ1n) is 8.89. The van der Waals surface area contributed by atoms with Crippen molar-refractivity contribution in [1.82, 2.24) is 4.98 Å². The van der Waals surface area contributed by atoms with Crippen molar-refractivity contribution in [3.05, 3.63) is 106 Å². The number of hydrogen-bond donors (Lipinski definition) is 0. The fourth-order valence-corrected chi connectivity index (χ4v) is 3.24. The van der Waals surface area contributed by atoms with Gasteiger partial charge in [-0.3, -0.25) is 9.78 Å². The van der Waals surface area contributed by atoms with Crippen molar-refractivity contribution in [2.75, 3.05) is 0 Å². The number of nitrogens with zero attached hydrogens (tertiary/aromatic N) is 1. The standard InChI is InChI=1S/C24H15Cl2NO2/c25-18-8-11-20-22(15-18)27-14-13-24(20)29-19-9-5-17(6-10-19)23(28)12-7-16-3-1-2-4-21(16)26/h1-15H/b12-7+. The number of rotatable bonds is 5. The number of pyridine rings is 1. The van der Waals surface area contributed by atoms with E-state index in [2.05, 4.69) is 4.98 Å². The van der Waals surface area contributed by atoms with Crippen LogP contribution < -0.4 is 4.74 Å². The van der Waals surface area contributed by atoms with E-state index in [1.807, 2.05) is 24.3 Å². The summed E-state index contributed by atoms with van der Waals surface area (Å²) >= 11 is 12.1. The van der Waals surface area contributed by atoms with Crippen LogP contribution in [-0.2, 0) is 0 Å². The summed E-state index contributed by atoms with van der Waals surface area (Å²) in [5.41, 5.74) is 2.12. The third-order valence-electron chi connectivity index (χ3n) is 4.35. The maximum absolute atomic E-state index is 12.4. The molecule has 3 nitrogen and oxygen atoms in total. The topological polar surface area (TPSA) is 39.2 Å². The van der Waals surface area contributed by atoms with Gasteiger partial charge < -0.3 is 4.74 Å². The molecule has 0 fully saturated rings. The Bertz CT molecular complexity index is 1220. The minimum Gasteiger partial charge on any atom is -0.457 e. The van der Waals surface area contributed by atoms with E-state index in [4.69, 9.17) is 27.9 Å². The molecule has 0 saturated heterocycles. The van der Waals surface area contributed by atoms with Gasteiger partial charge in [-0.05, 0) is 72.3 Å². The summed E-state index contributed by atoms with van der Waals surface area (Å²) < 4.78 is 5.98. The molecule has 0 saturated carbocycles. The largest absolute Gasteiger partial charge is 0.457 e. The molecule has 29 heavy (non-hydrogen) atoms. The summed E-state index contributed by atoms with van der Waals surface area (Å²) in [5, 5.41) is 2.08. The fraction of sp³-hybridized carbons (Fsp3) is 0. The molecule has 4 aromatic rings. The van der Waals surface area contributed by atoms with Crippen molar-refractivity contribution in [1.29, 1.82) is 0 Å². The van der Waals surface area contributed by atoms with Gasteiger partial charge in [-0.2, -0.15) is 0 Å². The molecule has 0 aliphatic carbocycles. The van der Waals surface area contributed by atoms with Crippen LogP contribution in [0.15, 0.2) is 85.1 Å². The summed E-state index contributed by atoms with van der Waals surface area (Å²) in [5.74, 6) is 1.18. The Kier molecular flexibility index (Phi) is 5.61. The Morgan fingerprint density at radius 1 is 0.931 bits per heavy atom. The SMILES string of the molecule is O=C(/C=C/c1ccccc1Cl)c1ccc(Oc2ccnc3cc(Cl)ccc23)cc1. The minimum atomic E-state index is -0.111. The van der Waals surface area contributed by atoms with E-state index < -0.39 is 0 Å². The average Bonchev–Trinajstić information content (AvgIpc) is 2.73. The molecule has 5 heteroatoms. The molecular weight excluding hydrogens is 405 g/mol. The maximum Gasteiger partial charge on any atom is 0.185 e. The van der Waals surface area contributed by atoms with Crippen molar-refractivity contribution >= 4 is 46.0 Å². The lowest BCUT2D eigenvalue weighted by Gasteiger charge is -2.09. The van der Waals surface area contributed by atoms with Crippen LogP contribution >= 0.6 is 23.2 Å². The number of fused-ring (bicyclic) bond motifs is 1. The van der Waals surface area contributed by atoms with Crippen molar-refractivity contribution in [3.63, 3.8) is 0 Å². The van der Waals surface area contributed by atoms with Crippen LogP contribution in [0.2, 0.25) is 10.0 Å². The lowest BCUT2D eigenvalue weighted by molar-refractivity contribution is 0.104. The highest BCUT2D eigenvalue weighted by atomic mass is 35.5. The smallest absolute Gasteiger partial charge is 0.185 e. The van der Waals surface area contributed by atoms with Crippen LogP contribution in [0.1, 0.15) is 15.9 Å². The van der Waals surface area contributed by atoms with E-state index >= 15 is 0 Å². The molecule has 3 aromatic carbocycles. The van der Waals surface area contributed by atoms with Gasteiger partial charge in [0.2, 0.25) is 0 Å². The van der Waals surface area contributed by atoms with Crippen molar-refractivity contribution < 1.29 is 9.53 Å². The predicted molar refractivity (Wildman–Crippen MR) is 118 cm³/mol. The van der Waals surface area contributed by atoms with Gasteiger partial charge in [-0.15, -0.1) is 0 Å². The van der Waals surface area contributed by atoms with Crippen LogP contribution in [0.5, 0.6) is 11.5 Å². The number of ether oxygens (including phenoxy) is 1. The van der Waals surface area contributed by atoms with E-state index in [1.54, 1.807) is 60.8 Å². The van der Waals surface area contributed by atoms with Crippen LogP contribution in [0.3, 0.4) is 0 Å². The lowest BCUT2D eigenvalue weighted by Crippen LogP contribution is -1.94. The summed E-state index contributed by atoms with van der Waals surface area (Å²) in [7, 11) is 0. The van der Waals surface area contributed by atoms with E-state index in [0.717, 1.165) is 16.5 Å². The number of ketones is 1. The first-order chi connectivity index (χ1) is 14.1. The second-order valence-electron chi connectivity index (χ2n) is 6.32. The van der Waals surface area contributed by atoms with Gasteiger partial charge in [0, 0.05) is 27.2 Å². The lowest BCUT2D eigenvalue weighted by atomic mass is 10.1. The summed E-state index contributed by atoms with van der Waals surface area (Å²) in [6.07, 6.45) is 4.89. The maximum atomic E-state index is 12.4. The van der Waals surface area contributed by atoms with Gasteiger partial charge >= 0.3 is 0 Å². The monoisotopic (exact) mass is 419 g/mol. The number of halogens is 2. The summed E-state index contributed by atoms with van der Waals surface area (Å²) in [6.45, 7) is 0. The predicted octanol–water partition coefficient (Wildman–Crippen LogP) is 7.23. The first-order valence-corrected chi connectivity index (χ1v) is 9.65. The molecule has 4 rings (SSSR count). The Balaban J connectivity index is 1.51. The molecule has 0 N–H and O–H groups in total. The second-order valence-corrected chi connectivity index (χ2v) is 7.16. The molecular formula is C24H15Cl2NO2. The number of aromatic nitrogens is 1. The Morgan fingerprint density at radius 2 is 1.72 bits per heavy atom. The molecule has 0 radical (unpaired) electrons. The highest BCUT2D eigenvalue weighted by Crippen LogP contribution is 2.30. The highest BCUT2D eigenvalue weighted by Gasteiger charge is 2.07. The van der Waals surface area contributed by atoms with Gasteiger partial charge in [-0.25, -0.2) is 0 Å². The van der Waals surface area contributed by atoms with E-state index in [9.17, 15) is 4.79 Å². The van der Waals surface area contributed by atoms with Crippen LogP contribution in [-0.4, -0.2) is 10.8 Å². The van der Waals surface area contributed by atoms with Gasteiger partial charge in [0.15, 0.2) is 5.78 Å². The van der Waals surface area contributed by atoms with Gasteiger partial charge in [0.05, 0.1) is 5.52 Å². The number of benzene rings is 3.